The molecule has 1 amide bonds. The van der Waals surface area contributed by atoms with Crippen molar-refractivity contribution in [3.8, 4) is 0 Å². The van der Waals surface area contributed by atoms with Crippen molar-refractivity contribution in [3.05, 3.63) is 41.3 Å². The first-order valence-corrected chi connectivity index (χ1v) is 4.90. The summed E-state index contributed by atoms with van der Waals surface area (Å²) in [6.07, 6.45) is 2.12. The predicted octanol–water partition coefficient (Wildman–Crippen LogP) is 2.29. The predicted molar refractivity (Wildman–Crippen MR) is 55.3 cm³/mol. The number of amides is 1. The Labute approximate surface area is 88.3 Å². The maximum atomic E-state index is 11.6. The van der Waals surface area contributed by atoms with E-state index < -0.39 is 0 Å². The molecular weight excluding hydrogens is 198 g/mol. The van der Waals surface area contributed by atoms with Crippen molar-refractivity contribution < 1.29 is 4.79 Å². The minimum atomic E-state index is -0.134. The van der Waals surface area contributed by atoms with Gasteiger partial charge in [0, 0.05) is 6.04 Å². The molecule has 0 saturated heterocycles. The molecule has 14 heavy (non-hydrogen) atoms. The van der Waals surface area contributed by atoms with Crippen LogP contribution in [0.4, 0.5) is 0 Å². The number of hydrogen-bond donors (Lipinski definition) is 1. The maximum absolute atomic E-state index is 11.6. The Balaban J connectivity index is 2.20. The van der Waals surface area contributed by atoms with Crippen LogP contribution in [0.25, 0.3) is 0 Å². The van der Waals surface area contributed by atoms with E-state index in [4.69, 9.17) is 18.5 Å². The van der Waals surface area contributed by atoms with Gasteiger partial charge in [-0.1, -0.05) is 17.7 Å². The van der Waals surface area contributed by atoms with E-state index in [2.05, 4.69) is 5.32 Å². The van der Waals surface area contributed by atoms with Gasteiger partial charge >= 0.3 is 0 Å². The van der Waals surface area contributed by atoms with E-state index in [0.717, 1.165) is 12.8 Å². The van der Waals surface area contributed by atoms with Crippen LogP contribution in [-0.2, 0) is 0 Å². The highest BCUT2D eigenvalue weighted by atomic mass is 35.5. The largest absolute Gasteiger partial charge is 0.349 e. The first-order valence-electron chi connectivity index (χ1n) is 4.52. The second-order valence-corrected chi connectivity index (χ2v) is 3.89. The molecule has 0 heterocycles. The van der Waals surface area contributed by atoms with Gasteiger partial charge in [0.15, 0.2) is 0 Å². The zero-order valence-electron chi connectivity index (χ0n) is 7.59. The third-order valence-electron chi connectivity index (χ3n) is 2.15. The third-order valence-corrected chi connectivity index (χ3v) is 2.48. The number of nitrogens with one attached hydrogen (secondary N) is 1. The Kier molecular flexibility index (Phi) is 2.46. The van der Waals surface area contributed by atoms with Crippen molar-refractivity contribution in [2.75, 3.05) is 0 Å². The molecule has 3 heteroatoms. The summed E-state index contributed by atoms with van der Waals surface area (Å²) >= 11 is 5.88. The maximum Gasteiger partial charge on any atom is 0.253 e. The molecular formula is C11H10ClNO. The third kappa shape index (κ3) is 2.07. The standard InChI is InChI=1S/C11H10ClNO/c1-7-2-5-10(12)9(6-7)11(14)13-8-3-4-8/h1-2,5-6,8H,3-4H2,(H,13,14). The molecule has 1 aromatic carbocycles. The zero-order chi connectivity index (χ0) is 10.1. The van der Waals surface area contributed by atoms with Crippen molar-refractivity contribution in [1.82, 2.24) is 5.32 Å². The molecule has 1 fully saturated rings. The van der Waals surface area contributed by atoms with E-state index >= 15 is 0 Å². The van der Waals surface area contributed by atoms with E-state index in [1.54, 1.807) is 18.2 Å². The lowest BCUT2D eigenvalue weighted by atomic mass is 10.1. The second-order valence-electron chi connectivity index (χ2n) is 3.49. The van der Waals surface area contributed by atoms with Gasteiger partial charge < -0.3 is 5.32 Å². The molecule has 0 bridgehead atoms. The van der Waals surface area contributed by atoms with Crippen molar-refractivity contribution >= 4 is 17.5 Å². The van der Waals surface area contributed by atoms with Crippen LogP contribution in [-0.4, -0.2) is 11.9 Å². The molecule has 0 unspecified atom stereocenters. The van der Waals surface area contributed by atoms with Crippen LogP contribution in [0.1, 0.15) is 28.8 Å². The van der Waals surface area contributed by atoms with Gasteiger partial charge in [-0.25, -0.2) is 0 Å². The van der Waals surface area contributed by atoms with Gasteiger partial charge in [0.2, 0.25) is 0 Å². The molecule has 0 atom stereocenters. The summed E-state index contributed by atoms with van der Waals surface area (Å²) in [7, 11) is 0. The van der Waals surface area contributed by atoms with Gasteiger partial charge in [0.25, 0.3) is 5.91 Å². The molecule has 2 rings (SSSR count). The average molecular weight is 208 g/mol. The van der Waals surface area contributed by atoms with Crippen LogP contribution < -0.4 is 5.32 Å². The highest BCUT2D eigenvalue weighted by Gasteiger charge is 2.24. The van der Waals surface area contributed by atoms with E-state index in [1.807, 2.05) is 0 Å². The number of benzene rings is 1. The van der Waals surface area contributed by atoms with Crippen LogP contribution in [0.3, 0.4) is 0 Å². The minimum absolute atomic E-state index is 0.134. The molecule has 0 aromatic heterocycles. The average Bonchev–Trinajstić information content (AvgIpc) is 2.93. The van der Waals surface area contributed by atoms with Crippen molar-refractivity contribution in [1.29, 1.82) is 0 Å². The summed E-state index contributed by atoms with van der Waals surface area (Å²) in [5.74, 6) is -0.134. The van der Waals surface area contributed by atoms with Crippen LogP contribution in [0.2, 0.25) is 5.02 Å². The van der Waals surface area contributed by atoms with Crippen LogP contribution >= 0.6 is 11.6 Å². The number of carbonyl (C=O) groups is 1. The second kappa shape index (κ2) is 3.62. The summed E-state index contributed by atoms with van der Waals surface area (Å²) < 4.78 is 0. The lowest BCUT2D eigenvalue weighted by Gasteiger charge is -2.05. The smallest absolute Gasteiger partial charge is 0.253 e. The summed E-state index contributed by atoms with van der Waals surface area (Å²) in [5, 5.41) is 3.30. The van der Waals surface area contributed by atoms with Crippen LogP contribution in [0, 0.1) is 6.92 Å². The minimum Gasteiger partial charge on any atom is -0.349 e. The highest BCUT2D eigenvalue weighted by molar-refractivity contribution is 6.33. The molecule has 1 aliphatic rings. The quantitative estimate of drug-likeness (QED) is 0.792. The first kappa shape index (κ1) is 9.53. The van der Waals surface area contributed by atoms with E-state index in [0.29, 0.717) is 22.2 Å². The van der Waals surface area contributed by atoms with Gasteiger partial charge in [0.1, 0.15) is 0 Å². The van der Waals surface area contributed by atoms with Gasteiger partial charge in [-0.15, -0.1) is 0 Å². The molecule has 1 saturated carbocycles. The topological polar surface area (TPSA) is 29.1 Å². The fourth-order valence-corrected chi connectivity index (χ4v) is 1.41. The molecule has 72 valence electrons. The summed E-state index contributed by atoms with van der Waals surface area (Å²) in [6, 6.07) is 5.25. The molecule has 0 spiro atoms. The molecule has 1 aromatic rings. The van der Waals surface area contributed by atoms with Crippen LogP contribution in [0.15, 0.2) is 18.2 Å². The summed E-state index contributed by atoms with van der Waals surface area (Å²) in [5.41, 5.74) is 1.01. The number of carbonyl (C=O) groups excluding carboxylic acids is 1. The Bertz CT molecular complexity index is 372. The van der Waals surface area contributed by atoms with Crippen molar-refractivity contribution in [2.24, 2.45) is 0 Å². The van der Waals surface area contributed by atoms with Gasteiger partial charge in [-0.2, -0.15) is 0 Å². The normalized spacial score (nSPS) is 15.3. The Morgan fingerprint density at radius 3 is 2.86 bits per heavy atom. The van der Waals surface area contributed by atoms with Crippen molar-refractivity contribution in [3.63, 3.8) is 0 Å². The summed E-state index contributed by atoms with van der Waals surface area (Å²) in [6.45, 7) is 5.57. The van der Waals surface area contributed by atoms with E-state index in [1.165, 1.54) is 0 Å². The molecule has 2 nitrogen and oxygen atoms in total. The fraction of sp³-hybridized carbons (Fsp3) is 0.273. The Morgan fingerprint density at radius 1 is 1.50 bits per heavy atom. The molecule has 1 aliphatic carbocycles. The van der Waals surface area contributed by atoms with E-state index in [-0.39, 0.29) is 5.91 Å². The van der Waals surface area contributed by atoms with E-state index in [9.17, 15) is 4.79 Å². The Morgan fingerprint density at radius 2 is 2.21 bits per heavy atom. The number of halogens is 1. The molecule has 0 aliphatic heterocycles. The lowest BCUT2D eigenvalue weighted by molar-refractivity contribution is 0.0951. The van der Waals surface area contributed by atoms with Gasteiger partial charge in [-0.3, -0.25) is 4.79 Å². The van der Waals surface area contributed by atoms with Gasteiger partial charge in [-0.05, 0) is 37.5 Å². The number of rotatable bonds is 2. The number of hydrogen-bond acceptors (Lipinski definition) is 1. The zero-order valence-corrected chi connectivity index (χ0v) is 8.34. The highest BCUT2D eigenvalue weighted by Crippen LogP contribution is 2.22. The van der Waals surface area contributed by atoms with Crippen LogP contribution in [0.5, 0.6) is 0 Å². The SMILES string of the molecule is [CH]c1ccc(Cl)c(C(=O)NC2CC2)c1. The van der Waals surface area contributed by atoms with Gasteiger partial charge in [0.05, 0.1) is 10.6 Å². The fourth-order valence-electron chi connectivity index (χ4n) is 1.21. The monoisotopic (exact) mass is 207 g/mol. The van der Waals surface area contributed by atoms with Crippen molar-refractivity contribution in [2.45, 2.75) is 18.9 Å². The first-order chi connectivity index (χ1) is 6.66. The molecule has 1 N–H and O–H groups in total. The lowest BCUT2D eigenvalue weighted by Crippen LogP contribution is -2.25. The Hall–Kier alpha value is -1.02. The summed E-state index contributed by atoms with van der Waals surface area (Å²) in [4.78, 5) is 11.6. The molecule has 2 radical (unpaired) electrons.